The van der Waals surface area contributed by atoms with E-state index >= 15 is 0 Å². The van der Waals surface area contributed by atoms with E-state index in [1.165, 1.54) is 44.2 Å². The summed E-state index contributed by atoms with van der Waals surface area (Å²) in [6.45, 7) is 4.08. The Kier molecular flexibility index (Phi) is 5.75. The molecule has 0 aliphatic heterocycles. The first kappa shape index (κ1) is 18.9. The van der Waals surface area contributed by atoms with Gasteiger partial charge in [-0.2, -0.15) is 5.26 Å². The van der Waals surface area contributed by atoms with E-state index in [-0.39, 0.29) is 11.3 Å². The fourth-order valence-electron chi connectivity index (χ4n) is 3.91. The van der Waals surface area contributed by atoms with Crippen LogP contribution in [0.5, 0.6) is 0 Å². The Hall–Kier alpha value is -2.87. The molecule has 4 nitrogen and oxygen atoms in total. The Morgan fingerprint density at radius 1 is 1.26 bits per heavy atom. The summed E-state index contributed by atoms with van der Waals surface area (Å²) in [6.07, 6.45) is 7.69. The second-order valence-electron chi connectivity index (χ2n) is 7.09. The van der Waals surface area contributed by atoms with E-state index in [1.54, 1.807) is 18.2 Å². The Labute approximate surface area is 159 Å². The maximum absolute atomic E-state index is 13.8. The molecule has 0 saturated heterocycles. The highest BCUT2D eigenvalue weighted by atomic mass is 19.1. The van der Waals surface area contributed by atoms with Gasteiger partial charge in [-0.15, -0.1) is 0 Å². The summed E-state index contributed by atoms with van der Waals surface area (Å²) in [5.74, 6) is -1.14. The predicted octanol–water partition coefficient (Wildman–Crippen LogP) is 5.29. The maximum Gasteiger partial charge on any atom is 0.266 e. The highest BCUT2D eigenvalue weighted by Crippen LogP contribution is 2.32. The molecule has 1 fully saturated rings. The number of aryl methyl sites for hydroxylation is 1. The van der Waals surface area contributed by atoms with Crippen LogP contribution in [0.2, 0.25) is 0 Å². The third kappa shape index (κ3) is 4.11. The van der Waals surface area contributed by atoms with Crippen molar-refractivity contribution in [1.82, 2.24) is 4.57 Å². The zero-order valence-electron chi connectivity index (χ0n) is 15.8. The van der Waals surface area contributed by atoms with Crippen molar-refractivity contribution < 1.29 is 9.18 Å². The summed E-state index contributed by atoms with van der Waals surface area (Å²) in [4.78, 5) is 12.4. The lowest BCUT2D eigenvalue weighted by molar-refractivity contribution is -0.112. The number of anilines is 1. The Bertz CT molecular complexity index is 914. The van der Waals surface area contributed by atoms with Crippen LogP contribution in [0.1, 0.15) is 55.1 Å². The maximum atomic E-state index is 13.8. The first-order valence-electron chi connectivity index (χ1n) is 9.37. The summed E-state index contributed by atoms with van der Waals surface area (Å²) in [5.41, 5.74) is 3.08. The van der Waals surface area contributed by atoms with Crippen molar-refractivity contribution in [2.45, 2.75) is 52.0 Å². The Morgan fingerprint density at radius 2 is 1.96 bits per heavy atom. The van der Waals surface area contributed by atoms with Gasteiger partial charge in [0.15, 0.2) is 0 Å². The first-order chi connectivity index (χ1) is 13.0. The second kappa shape index (κ2) is 8.22. The van der Waals surface area contributed by atoms with Gasteiger partial charge in [0.2, 0.25) is 0 Å². The lowest BCUT2D eigenvalue weighted by Crippen LogP contribution is -2.15. The van der Waals surface area contributed by atoms with E-state index in [0.717, 1.165) is 17.0 Å². The van der Waals surface area contributed by atoms with Crippen LogP contribution in [-0.2, 0) is 4.79 Å². The minimum absolute atomic E-state index is 0.0397. The van der Waals surface area contributed by atoms with Gasteiger partial charge in [-0.05, 0) is 56.5 Å². The molecular weight excluding hydrogens is 341 g/mol. The number of hydrogen-bond donors (Lipinski definition) is 1. The molecule has 0 atom stereocenters. The van der Waals surface area contributed by atoms with E-state index in [0.29, 0.717) is 6.04 Å². The number of nitrogens with zero attached hydrogens (tertiary/aromatic N) is 2. The SMILES string of the molecule is Cc1cc(/C=C(/C#N)C(=O)Nc2ccccc2F)c(C)n1C1CCCCC1. The molecule has 1 aromatic heterocycles. The number of amides is 1. The number of carbonyl (C=O) groups is 1. The number of para-hydroxylation sites is 1. The minimum Gasteiger partial charge on any atom is -0.346 e. The quantitative estimate of drug-likeness (QED) is 0.591. The minimum atomic E-state index is -0.606. The molecule has 0 bridgehead atoms. The standard InChI is InChI=1S/C22H24FN3O/c1-15-12-17(16(2)26(15)19-8-4-3-5-9-19)13-18(14-24)22(27)25-21-11-7-6-10-20(21)23/h6-7,10-13,19H,3-5,8-9H2,1-2H3,(H,25,27)/b18-13-. The van der Waals surface area contributed by atoms with Crippen LogP contribution in [-0.4, -0.2) is 10.5 Å². The normalized spacial score (nSPS) is 15.4. The molecular formula is C22H24FN3O. The molecule has 2 aromatic rings. The number of carbonyl (C=O) groups excluding carboxylic acids is 1. The number of rotatable bonds is 4. The van der Waals surface area contributed by atoms with Gasteiger partial charge in [-0.25, -0.2) is 4.39 Å². The zero-order valence-corrected chi connectivity index (χ0v) is 15.8. The molecule has 1 aromatic carbocycles. The van der Waals surface area contributed by atoms with Gasteiger partial charge in [0.05, 0.1) is 5.69 Å². The molecule has 0 radical (unpaired) electrons. The van der Waals surface area contributed by atoms with Gasteiger partial charge in [0.1, 0.15) is 17.5 Å². The molecule has 3 rings (SSSR count). The van der Waals surface area contributed by atoms with Crippen molar-refractivity contribution in [3.8, 4) is 6.07 Å². The summed E-state index contributed by atoms with van der Waals surface area (Å²) in [6, 6.07) is 10.4. The summed E-state index contributed by atoms with van der Waals surface area (Å²) < 4.78 is 16.1. The van der Waals surface area contributed by atoms with Crippen LogP contribution in [0, 0.1) is 31.0 Å². The Morgan fingerprint density at radius 3 is 2.63 bits per heavy atom. The van der Waals surface area contributed by atoms with Crippen LogP contribution in [0.15, 0.2) is 35.9 Å². The van der Waals surface area contributed by atoms with Gasteiger partial charge in [0.25, 0.3) is 5.91 Å². The van der Waals surface area contributed by atoms with Crippen molar-refractivity contribution in [1.29, 1.82) is 5.26 Å². The molecule has 140 valence electrons. The summed E-state index contributed by atoms with van der Waals surface area (Å²) in [7, 11) is 0. The van der Waals surface area contributed by atoms with E-state index < -0.39 is 11.7 Å². The van der Waals surface area contributed by atoms with Gasteiger partial charge in [-0.3, -0.25) is 4.79 Å². The number of nitrogens with one attached hydrogen (secondary N) is 1. The summed E-state index contributed by atoms with van der Waals surface area (Å²) >= 11 is 0. The second-order valence-corrected chi connectivity index (χ2v) is 7.09. The van der Waals surface area contributed by atoms with Crippen molar-refractivity contribution in [2.75, 3.05) is 5.32 Å². The smallest absolute Gasteiger partial charge is 0.266 e. The number of hydrogen-bond acceptors (Lipinski definition) is 2. The monoisotopic (exact) mass is 365 g/mol. The average Bonchev–Trinajstić information content (AvgIpc) is 2.95. The molecule has 27 heavy (non-hydrogen) atoms. The van der Waals surface area contributed by atoms with Crippen molar-refractivity contribution in [2.24, 2.45) is 0 Å². The molecule has 0 spiro atoms. The molecule has 1 heterocycles. The fourth-order valence-corrected chi connectivity index (χ4v) is 3.91. The van der Waals surface area contributed by atoms with Gasteiger partial charge >= 0.3 is 0 Å². The van der Waals surface area contributed by atoms with E-state index in [1.807, 2.05) is 19.1 Å². The highest BCUT2D eigenvalue weighted by molar-refractivity contribution is 6.09. The highest BCUT2D eigenvalue weighted by Gasteiger charge is 2.20. The average molecular weight is 365 g/mol. The molecule has 1 aliphatic carbocycles. The third-order valence-electron chi connectivity index (χ3n) is 5.25. The molecule has 1 amide bonds. The van der Waals surface area contributed by atoms with Crippen molar-refractivity contribution in [3.63, 3.8) is 0 Å². The molecule has 5 heteroatoms. The van der Waals surface area contributed by atoms with Crippen LogP contribution in [0.4, 0.5) is 10.1 Å². The van der Waals surface area contributed by atoms with Gasteiger partial charge in [-0.1, -0.05) is 31.4 Å². The first-order valence-corrected chi connectivity index (χ1v) is 9.37. The summed E-state index contributed by atoms with van der Waals surface area (Å²) in [5, 5.41) is 11.9. The van der Waals surface area contributed by atoms with E-state index in [9.17, 15) is 14.4 Å². The lowest BCUT2D eigenvalue weighted by atomic mass is 9.95. The van der Waals surface area contributed by atoms with Crippen molar-refractivity contribution >= 4 is 17.7 Å². The van der Waals surface area contributed by atoms with E-state index in [4.69, 9.17) is 0 Å². The molecule has 1 N–H and O–H groups in total. The number of halogens is 1. The molecule has 0 unspecified atom stereocenters. The lowest BCUT2D eigenvalue weighted by Gasteiger charge is -2.26. The van der Waals surface area contributed by atoms with Crippen LogP contribution >= 0.6 is 0 Å². The number of benzene rings is 1. The number of nitriles is 1. The predicted molar refractivity (Wildman–Crippen MR) is 105 cm³/mol. The fraction of sp³-hybridized carbons (Fsp3) is 0.364. The zero-order chi connectivity index (χ0) is 19.4. The Balaban J connectivity index is 1.86. The third-order valence-corrected chi connectivity index (χ3v) is 5.25. The molecule has 1 saturated carbocycles. The van der Waals surface area contributed by atoms with Gasteiger partial charge < -0.3 is 9.88 Å². The van der Waals surface area contributed by atoms with E-state index in [2.05, 4.69) is 16.8 Å². The largest absolute Gasteiger partial charge is 0.346 e. The topological polar surface area (TPSA) is 57.8 Å². The van der Waals surface area contributed by atoms with Crippen LogP contribution in [0.25, 0.3) is 6.08 Å². The van der Waals surface area contributed by atoms with Crippen LogP contribution < -0.4 is 5.32 Å². The van der Waals surface area contributed by atoms with Gasteiger partial charge in [0, 0.05) is 17.4 Å². The van der Waals surface area contributed by atoms with Crippen molar-refractivity contribution in [3.05, 3.63) is 58.7 Å². The number of aromatic nitrogens is 1. The molecule has 1 aliphatic rings. The van der Waals surface area contributed by atoms with Crippen LogP contribution in [0.3, 0.4) is 0 Å².